The summed E-state index contributed by atoms with van der Waals surface area (Å²) in [6, 6.07) is 5.34. The second-order valence-electron chi connectivity index (χ2n) is 2.82. The number of aliphatic hydroxyl groups excluding tert-OH is 1. The maximum atomic E-state index is 9.35. The molecule has 0 aromatic heterocycles. The molecule has 1 rings (SSSR count). The molecule has 0 spiro atoms. The van der Waals surface area contributed by atoms with E-state index in [0.29, 0.717) is 11.5 Å². The number of hydrogen-bond acceptors (Lipinski definition) is 3. The molecule has 0 aliphatic carbocycles. The van der Waals surface area contributed by atoms with Crippen molar-refractivity contribution in [1.29, 1.82) is 0 Å². The van der Waals surface area contributed by atoms with Crippen LogP contribution in [-0.4, -0.2) is 19.3 Å². The fourth-order valence-corrected chi connectivity index (χ4v) is 1.07. The Morgan fingerprint density at radius 2 is 1.54 bits per heavy atom. The third kappa shape index (κ3) is 2.36. The summed E-state index contributed by atoms with van der Waals surface area (Å²) in [4.78, 5) is 0. The number of hydrogen-bond donors (Lipinski definition) is 1. The predicted octanol–water partition coefficient (Wildman–Crippen LogP) is 1.76. The standard InChI is InChI=1S/C10H14O3/c1-7(11)8-4-9(12-2)6-10(5-8)13-3/h4-7,11H,1-3H3/t7-/m1/s1. The number of ether oxygens (including phenoxy) is 2. The summed E-state index contributed by atoms with van der Waals surface area (Å²) in [7, 11) is 3.17. The maximum absolute atomic E-state index is 9.35. The van der Waals surface area contributed by atoms with Gasteiger partial charge in [0.1, 0.15) is 11.5 Å². The maximum Gasteiger partial charge on any atom is 0.122 e. The molecule has 1 aromatic rings. The monoisotopic (exact) mass is 182 g/mol. The Morgan fingerprint density at radius 1 is 1.08 bits per heavy atom. The van der Waals surface area contributed by atoms with Gasteiger partial charge in [-0.25, -0.2) is 0 Å². The van der Waals surface area contributed by atoms with Gasteiger partial charge in [0, 0.05) is 6.07 Å². The van der Waals surface area contributed by atoms with Crippen LogP contribution in [0.3, 0.4) is 0 Å². The van der Waals surface area contributed by atoms with Gasteiger partial charge >= 0.3 is 0 Å². The molecule has 1 aromatic carbocycles. The summed E-state index contributed by atoms with van der Waals surface area (Å²) < 4.78 is 10.1. The highest BCUT2D eigenvalue weighted by Gasteiger charge is 2.05. The van der Waals surface area contributed by atoms with E-state index in [-0.39, 0.29) is 0 Å². The molecule has 1 N–H and O–H groups in total. The van der Waals surface area contributed by atoms with E-state index < -0.39 is 6.10 Å². The van der Waals surface area contributed by atoms with E-state index >= 15 is 0 Å². The molecular weight excluding hydrogens is 168 g/mol. The van der Waals surface area contributed by atoms with Crippen molar-refractivity contribution >= 4 is 0 Å². The molecule has 0 amide bonds. The van der Waals surface area contributed by atoms with Crippen molar-refractivity contribution in [3.63, 3.8) is 0 Å². The number of aliphatic hydroxyl groups is 1. The van der Waals surface area contributed by atoms with E-state index in [0.717, 1.165) is 5.56 Å². The van der Waals surface area contributed by atoms with E-state index in [1.54, 1.807) is 39.3 Å². The van der Waals surface area contributed by atoms with Crippen molar-refractivity contribution in [3.05, 3.63) is 23.8 Å². The lowest BCUT2D eigenvalue weighted by Crippen LogP contribution is -1.94. The van der Waals surface area contributed by atoms with Crippen molar-refractivity contribution in [2.24, 2.45) is 0 Å². The van der Waals surface area contributed by atoms with Gasteiger partial charge in [0.25, 0.3) is 0 Å². The topological polar surface area (TPSA) is 38.7 Å². The fraction of sp³-hybridized carbons (Fsp3) is 0.400. The van der Waals surface area contributed by atoms with Gasteiger partial charge in [0.2, 0.25) is 0 Å². The SMILES string of the molecule is COc1cc(OC)cc([C@@H](C)O)c1. The lowest BCUT2D eigenvalue weighted by molar-refractivity contribution is 0.198. The van der Waals surface area contributed by atoms with Crippen LogP contribution in [-0.2, 0) is 0 Å². The van der Waals surface area contributed by atoms with Crippen LogP contribution in [0.15, 0.2) is 18.2 Å². The van der Waals surface area contributed by atoms with Crippen LogP contribution in [0, 0.1) is 0 Å². The minimum atomic E-state index is -0.510. The predicted molar refractivity (Wildman–Crippen MR) is 50.2 cm³/mol. The first-order valence-corrected chi connectivity index (χ1v) is 4.08. The normalized spacial score (nSPS) is 12.3. The van der Waals surface area contributed by atoms with Crippen LogP contribution in [0.25, 0.3) is 0 Å². The minimum absolute atomic E-state index is 0.510. The molecule has 1 atom stereocenters. The molecule has 0 unspecified atom stereocenters. The van der Waals surface area contributed by atoms with Crippen molar-refractivity contribution < 1.29 is 14.6 Å². The zero-order valence-corrected chi connectivity index (χ0v) is 8.07. The fourth-order valence-electron chi connectivity index (χ4n) is 1.07. The summed E-state index contributed by atoms with van der Waals surface area (Å²) in [6.45, 7) is 1.70. The lowest BCUT2D eigenvalue weighted by Gasteiger charge is -2.09. The Balaban J connectivity index is 3.07. The first-order valence-electron chi connectivity index (χ1n) is 4.08. The van der Waals surface area contributed by atoms with Crippen LogP contribution in [0.5, 0.6) is 11.5 Å². The Morgan fingerprint density at radius 3 is 1.85 bits per heavy atom. The van der Waals surface area contributed by atoms with Crippen LogP contribution < -0.4 is 9.47 Å². The summed E-state index contributed by atoms with van der Waals surface area (Å²) >= 11 is 0. The molecule has 0 saturated heterocycles. The number of methoxy groups -OCH3 is 2. The Kier molecular flexibility index (Phi) is 3.14. The molecule has 0 aliphatic rings. The Labute approximate surface area is 77.9 Å². The van der Waals surface area contributed by atoms with Crippen molar-refractivity contribution in [2.45, 2.75) is 13.0 Å². The van der Waals surface area contributed by atoms with Crippen molar-refractivity contribution in [2.75, 3.05) is 14.2 Å². The average Bonchev–Trinajstić information content (AvgIpc) is 2.16. The third-order valence-electron chi connectivity index (χ3n) is 1.86. The molecule has 72 valence electrons. The van der Waals surface area contributed by atoms with Crippen LogP contribution in [0.4, 0.5) is 0 Å². The zero-order valence-electron chi connectivity index (χ0n) is 8.07. The molecule has 0 heterocycles. The van der Waals surface area contributed by atoms with Gasteiger partial charge < -0.3 is 14.6 Å². The van der Waals surface area contributed by atoms with Crippen molar-refractivity contribution in [1.82, 2.24) is 0 Å². The second-order valence-corrected chi connectivity index (χ2v) is 2.82. The van der Waals surface area contributed by atoms with E-state index in [2.05, 4.69) is 0 Å². The molecule has 3 nitrogen and oxygen atoms in total. The highest BCUT2D eigenvalue weighted by Crippen LogP contribution is 2.25. The highest BCUT2D eigenvalue weighted by molar-refractivity contribution is 5.39. The summed E-state index contributed by atoms with van der Waals surface area (Å²) in [6.07, 6.45) is -0.510. The van der Waals surface area contributed by atoms with Crippen molar-refractivity contribution in [3.8, 4) is 11.5 Å². The van der Waals surface area contributed by atoms with Gasteiger partial charge in [-0.2, -0.15) is 0 Å². The average molecular weight is 182 g/mol. The largest absolute Gasteiger partial charge is 0.497 e. The summed E-state index contributed by atoms with van der Waals surface area (Å²) in [5.41, 5.74) is 0.788. The Hall–Kier alpha value is -1.22. The molecule has 0 fully saturated rings. The molecule has 0 saturated carbocycles. The van der Waals surface area contributed by atoms with E-state index in [4.69, 9.17) is 9.47 Å². The third-order valence-corrected chi connectivity index (χ3v) is 1.86. The zero-order chi connectivity index (χ0) is 9.84. The number of benzene rings is 1. The van der Waals surface area contributed by atoms with Crippen LogP contribution in [0.2, 0.25) is 0 Å². The quantitative estimate of drug-likeness (QED) is 0.774. The molecule has 0 aliphatic heterocycles. The van der Waals surface area contributed by atoms with Gasteiger partial charge in [0.05, 0.1) is 20.3 Å². The van der Waals surface area contributed by atoms with Crippen LogP contribution >= 0.6 is 0 Å². The minimum Gasteiger partial charge on any atom is -0.497 e. The van der Waals surface area contributed by atoms with Gasteiger partial charge in [-0.05, 0) is 24.6 Å². The van der Waals surface area contributed by atoms with E-state index in [9.17, 15) is 5.11 Å². The van der Waals surface area contributed by atoms with Gasteiger partial charge in [-0.1, -0.05) is 0 Å². The molecule has 3 heteroatoms. The molecule has 0 bridgehead atoms. The van der Waals surface area contributed by atoms with Gasteiger partial charge in [-0.15, -0.1) is 0 Å². The first kappa shape index (κ1) is 9.86. The summed E-state index contributed by atoms with van der Waals surface area (Å²) in [5, 5.41) is 9.35. The molecule has 0 radical (unpaired) electrons. The smallest absolute Gasteiger partial charge is 0.122 e. The first-order chi connectivity index (χ1) is 6.17. The van der Waals surface area contributed by atoms with Gasteiger partial charge in [-0.3, -0.25) is 0 Å². The lowest BCUT2D eigenvalue weighted by atomic mass is 10.1. The van der Waals surface area contributed by atoms with E-state index in [1.807, 2.05) is 0 Å². The Bertz CT molecular complexity index is 259. The van der Waals surface area contributed by atoms with Crippen LogP contribution in [0.1, 0.15) is 18.6 Å². The molecular formula is C10H14O3. The number of rotatable bonds is 3. The summed E-state index contributed by atoms with van der Waals surface area (Å²) in [5.74, 6) is 1.38. The highest BCUT2D eigenvalue weighted by atomic mass is 16.5. The van der Waals surface area contributed by atoms with Gasteiger partial charge in [0.15, 0.2) is 0 Å². The van der Waals surface area contributed by atoms with E-state index in [1.165, 1.54) is 0 Å². The second kappa shape index (κ2) is 4.14. The molecule has 13 heavy (non-hydrogen) atoms.